The number of nitro groups is 1. The molecule has 3 aromatic rings. The zero-order valence-electron chi connectivity index (χ0n) is 14.8. The van der Waals surface area contributed by atoms with Crippen molar-refractivity contribution in [3.63, 3.8) is 0 Å². The van der Waals surface area contributed by atoms with Gasteiger partial charge in [-0.1, -0.05) is 12.1 Å². The number of non-ortho nitro benzene ring substituents is 1. The van der Waals surface area contributed by atoms with Crippen LogP contribution >= 0.6 is 0 Å². The first-order valence-electron chi connectivity index (χ1n) is 8.42. The van der Waals surface area contributed by atoms with Gasteiger partial charge in [0, 0.05) is 30.4 Å². The molecule has 0 aliphatic carbocycles. The number of aromatic nitrogens is 2. The molecule has 8 nitrogen and oxygen atoms in total. The van der Waals surface area contributed by atoms with E-state index in [4.69, 9.17) is 4.74 Å². The van der Waals surface area contributed by atoms with Gasteiger partial charge >= 0.3 is 5.97 Å². The molecule has 0 fully saturated rings. The van der Waals surface area contributed by atoms with Gasteiger partial charge in [0.05, 0.1) is 22.6 Å². The highest BCUT2D eigenvalue weighted by Crippen LogP contribution is 2.24. The van der Waals surface area contributed by atoms with Crippen molar-refractivity contribution in [1.82, 2.24) is 9.55 Å². The van der Waals surface area contributed by atoms with Gasteiger partial charge in [-0.2, -0.15) is 0 Å². The second-order valence-corrected chi connectivity index (χ2v) is 5.75. The molecule has 1 aromatic carbocycles. The van der Waals surface area contributed by atoms with Crippen LogP contribution in [-0.2, 0) is 11.3 Å². The van der Waals surface area contributed by atoms with Gasteiger partial charge in [0.25, 0.3) is 5.69 Å². The van der Waals surface area contributed by atoms with Gasteiger partial charge in [-0.15, -0.1) is 0 Å². The first kappa shape index (κ1) is 18.2. The summed E-state index contributed by atoms with van der Waals surface area (Å²) in [6, 6.07) is 9.30. The smallest absolute Gasteiger partial charge is 0.343 e. The molecule has 0 saturated heterocycles. The van der Waals surface area contributed by atoms with Crippen molar-refractivity contribution in [2.45, 2.75) is 20.4 Å². The lowest BCUT2D eigenvalue weighted by Gasteiger charge is -2.11. The van der Waals surface area contributed by atoms with Crippen LogP contribution in [0.1, 0.15) is 24.2 Å². The van der Waals surface area contributed by atoms with Gasteiger partial charge in [0.1, 0.15) is 11.2 Å². The highest BCUT2D eigenvalue weighted by Gasteiger charge is 2.18. The second kappa shape index (κ2) is 7.36. The standard InChI is InChI=1S/C19H17N3O5/c1-3-21-11-15(19(24)27-4-2)17(23)14-8-9-16(20-18(14)21)12-6-5-7-13(10-12)22(25)26/h5-11H,3-4H2,1-2H3. The predicted molar refractivity (Wildman–Crippen MR) is 99.7 cm³/mol. The van der Waals surface area contributed by atoms with E-state index in [-0.39, 0.29) is 23.2 Å². The number of nitro benzene ring substituents is 1. The number of pyridine rings is 2. The minimum absolute atomic E-state index is 0.0417. The third-order valence-electron chi connectivity index (χ3n) is 4.11. The topological polar surface area (TPSA) is 104 Å². The number of hydrogen-bond acceptors (Lipinski definition) is 6. The summed E-state index contributed by atoms with van der Waals surface area (Å²) in [7, 11) is 0. The fourth-order valence-electron chi connectivity index (χ4n) is 2.80. The summed E-state index contributed by atoms with van der Waals surface area (Å²) >= 11 is 0. The highest BCUT2D eigenvalue weighted by molar-refractivity contribution is 5.93. The third kappa shape index (κ3) is 3.41. The number of ether oxygens (including phenoxy) is 1. The molecule has 0 N–H and O–H groups in total. The van der Waals surface area contributed by atoms with Crippen LogP contribution in [0, 0.1) is 10.1 Å². The average Bonchev–Trinajstić information content (AvgIpc) is 2.68. The monoisotopic (exact) mass is 367 g/mol. The van der Waals surface area contributed by atoms with Crippen molar-refractivity contribution in [1.29, 1.82) is 0 Å². The van der Waals surface area contributed by atoms with Crippen molar-refractivity contribution >= 4 is 22.7 Å². The summed E-state index contributed by atoms with van der Waals surface area (Å²) in [6.45, 7) is 4.19. The summed E-state index contributed by atoms with van der Waals surface area (Å²) in [5.41, 5.74) is 0.925. The molecule has 8 heteroatoms. The molecule has 0 spiro atoms. The van der Waals surface area contributed by atoms with Gasteiger partial charge in [0.15, 0.2) is 0 Å². The lowest BCUT2D eigenvalue weighted by atomic mass is 10.1. The van der Waals surface area contributed by atoms with Crippen LogP contribution in [0.15, 0.2) is 47.4 Å². The number of carbonyl (C=O) groups is 1. The quantitative estimate of drug-likeness (QED) is 0.390. The number of carbonyl (C=O) groups excluding carboxylic acids is 1. The SMILES string of the molecule is CCOC(=O)c1cn(CC)c2nc(-c3cccc([N+](=O)[O-])c3)ccc2c1=O. The van der Waals surface area contributed by atoms with Crippen LogP contribution in [-0.4, -0.2) is 27.1 Å². The van der Waals surface area contributed by atoms with Gasteiger partial charge in [-0.3, -0.25) is 14.9 Å². The van der Waals surface area contributed by atoms with E-state index in [9.17, 15) is 19.7 Å². The third-order valence-corrected chi connectivity index (χ3v) is 4.11. The predicted octanol–water partition coefficient (Wildman–Crippen LogP) is 3.17. The lowest BCUT2D eigenvalue weighted by molar-refractivity contribution is -0.384. The molecule has 2 heterocycles. The molecule has 3 rings (SSSR count). The zero-order chi connectivity index (χ0) is 19.6. The van der Waals surface area contributed by atoms with Gasteiger partial charge < -0.3 is 9.30 Å². The fraction of sp³-hybridized carbons (Fsp3) is 0.211. The molecule has 0 atom stereocenters. The molecular formula is C19H17N3O5. The number of esters is 1. The van der Waals surface area contributed by atoms with E-state index in [1.165, 1.54) is 18.3 Å². The molecule has 0 radical (unpaired) electrons. The molecule has 0 amide bonds. The van der Waals surface area contributed by atoms with Crippen molar-refractivity contribution in [3.05, 3.63) is 68.5 Å². The van der Waals surface area contributed by atoms with Crippen LogP contribution in [0.4, 0.5) is 5.69 Å². The van der Waals surface area contributed by atoms with Crippen LogP contribution in [0.3, 0.4) is 0 Å². The first-order chi connectivity index (χ1) is 13.0. The number of hydrogen-bond donors (Lipinski definition) is 0. The van der Waals surface area contributed by atoms with E-state index in [1.54, 1.807) is 35.8 Å². The molecule has 2 aromatic heterocycles. The van der Waals surface area contributed by atoms with Crippen LogP contribution in [0.2, 0.25) is 0 Å². The molecular weight excluding hydrogens is 350 g/mol. The Balaban J connectivity index is 2.20. The summed E-state index contributed by atoms with van der Waals surface area (Å²) in [6.07, 6.45) is 1.44. The molecule has 0 saturated carbocycles. The van der Waals surface area contributed by atoms with E-state index >= 15 is 0 Å². The number of nitrogens with zero attached hydrogens (tertiary/aromatic N) is 3. The number of aryl methyl sites for hydroxylation is 1. The van der Waals surface area contributed by atoms with Crippen molar-refractivity contribution in [2.24, 2.45) is 0 Å². The van der Waals surface area contributed by atoms with Crippen molar-refractivity contribution in [2.75, 3.05) is 6.61 Å². The molecule has 0 aliphatic heterocycles. The van der Waals surface area contributed by atoms with Crippen molar-refractivity contribution < 1.29 is 14.5 Å². The Morgan fingerprint density at radius 3 is 2.70 bits per heavy atom. The van der Waals surface area contributed by atoms with Gasteiger partial charge in [-0.25, -0.2) is 9.78 Å². The zero-order valence-corrected chi connectivity index (χ0v) is 14.8. The minimum atomic E-state index is -0.672. The largest absolute Gasteiger partial charge is 0.462 e. The summed E-state index contributed by atoms with van der Waals surface area (Å²) < 4.78 is 6.63. The number of rotatable bonds is 5. The number of fused-ring (bicyclic) bond motifs is 1. The Morgan fingerprint density at radius 1 is 1.26 bits per heavy atom. The maximum Gasteiger partial charge on any atom is 0.343 e. The highest BCUT2D eigenvalue weighted by atomic mass is 16.6. The van der Waals surface area contributed by atoms with Gasteiger partial charge in [-0.05, 0) is 26.0 Å². The average molecular weight is 367 g/mol. The fourth-order valence-corrected chi connectivity index (χ4v) is 2.80. The molecule has 0 aliphatic rings. The van der Waals surface area contributed by atoms with E-state index in [1.807, 2.05) is 6.92 Å². The lowest BCUT2D eigenvalue weighted by Crippen LogP contribution is -2.21. The summed E-state index contributed by atoms with van der Waals surface area (Å²) in [5, 5.41) is 11.3. The van der Waals surface area contributed by atoms with Crippen molar-refractivity contribution in [3.8, 4) is 11.3 Å². The van der Waals surface area contributed by atoms with E-state index in [0.717, 1.165) is 0 Å². The van der Waals surface area contributed by atoms with E-state index < -0.39 is 16.3 Å². The van der Waals surface area contributed by atoms with Crippen LogP contribution < -0.4 is 5.43 Å². The minimum Gasteiger partial charge on any atom is -0.462 e. The Bertz CT molecular complexity index is 1100. The summed E-state index contributed by atoms with van der Waals surface area (Å²) in [5.74, 6) is -0.672. The van der Waals surface area contributed by atoms with Gasteiger partial charge in [0.2, 0.25) is 5.43 Å². The van der Waals surface area contributed by atoms with E-state index in [0.29, 0.717) is 23.4 Å². The Labute approximate surface area is 154 Å². The molecule has 27 heavy (non-hydrogen) atoms. The molecule has 138 valence electrons. The number of benzene rings is 1. The Morgan fingerprint density at radius 2 is 2.04 bits per heavy atom. The maximum absolute atomic E-state index is 12.7. The molecule has 0 unspecified atom stereocenters. The van der Waals surface area contributed by atoms with Crippen LogP contribution in [0.5, 0.6) is 0 Å². The maximum atomic E-state index is 12.7. The first-order valence-corrected chi connectivity index (χ1v) is 8.42. The normalized spacial score (nSPS) is 10.7. The molecule has 0 bridgehead atoms. The van der Waals surface area contributed by atoms with Crippen LogP contribution in [0.25, 0.3) is 22.3 Å². The summed E-state index contributed by atoms with van der Waals surface area (Å²) in [4.78, 5) is 39.7. The Kier molecular flexibility index (Phi) is 4.98. The Hall–Kier alpha value is -3.55. The van der Waals surface area contributed by atoms with E-state index in [2.05, 4.69) is 4.98 Å². The second-order valence-electron chi connectivity index (χ2n) is 5.75.